The van der Waals surface area contributed by atoms with Gasteiger partial charge in [0.05, 0.1) is 19.6 Å². The van der Waals surface area contributed by atoms with Crippen LogP contribution >= 0.6 is 15.9 Å². The lowest BCUT2D eigenvalue weighted by Crippen LogP contribution is -2.32. The molecule has 1 heterocycles. The smallest absolute Gasteiger partial charge is 0.227 e. The molecule has 2 aromatic rings. The number of para-hydroxylation sites is 1. The number of nitrogens with one attached hydrogen (secondary N) is 1. The van der Waals surface area contributed by atoms with Crippen LogP contribution in [0.5, 0.6) is 11.5 Å². The number of amides is 1. The van der Waals surface area contributed by atoms with Crippen LogP contribution in [-0.4, -0.2) is 43.2 Å². The fraction of sp³-hybridized carbons (Fsp3) is 0.409. The average molecular weight is 447 g/mol. The Morgan fingerprint density at radius 1 is 1.14 bits per heavy atom. The van der Waals surface area contributed by atoms with E-state index >= 15 is 0 Å². The Balaban J connectivity index is 1.63. The van der Waals surface area contributed by atoms with E-state index in [0.29, 0.717) is 31.1 Å². The quantitative estimate of drug-likeness (QED) is 0.648. The predicted octanol–water partition coefficient (Wildman–Crippen LogP) is 4.50. The number of hydrogen-bond donors (Lipinski definition) is 1. The van der Waals surface area contributed by atoms with Crippen molar-refractivity contribution in [2.45, 2.75) is 32.7 Å². The minimum atomic E-state index is 0.129. The van der Waals surface area contributed by atoms with Crippen molar-refractivity contribution in [3.63, 3.8) is 0 Å². The number of anilines is 1. The summed E-state index contributed by atoms with van der Waals surface area (Å²) in [7, 11) is 0. The lowest BCUT2D eigenvalue weighted by Gasteiger charge is -2.19. The van der Waals surface area contributed by atoms with Crippen LogP contribution in [0.2, 0.25) is 0 Å². The molecule has 0 aliphatic carbocycles. The van der Waals surface area contributed by atoms with Gasteiger partial charge in [-0.3, -0.25) is 4.79 Å². The first-order chi connectivity index (χ1) is 13.6. The third-order valence-electron chi connectivity index (χ3n) is 4.74. The second-order valence-corrected chi connectivity index (χ2v) is 7.62. The van der Waals surface area contributed by atoms with Crippen LogP contribution in [0.25, 0.3) is 0 Å². The van der Waals surface area contributed by atoms with Crippen LogP contribution in [0, 0.1) is 0 Å². The van der Waals surface area contributed by atoms with E-state index in [9.17, 15) is 4.79 Å². The van der Waals surface area contributed by atoms with Crippen LogP contribution in [-0.2, 0) is 11.2 Å². The summed E-state index contributed by atoms with van der Waals surface area (Å²) in [6.45, 7) is 6.49. The van der Waals surface area contributed by atoms with E-state index in [1.165, 1.54) is 0 Å². The van der Waals surface area contributed by atoms with E-state index in [1.807, 2.05) is 49.1 Å². The fourth-order valence-electron chi connectivity index (χ4n) is 3.40. The van der Waals surface area contributed by atoms with Gasteiger partial charge < -0.3 is 19.7 Å². The molecule has 1 amide bonds. The highest BCUT2D eigenvalue weighted by Gasteiger charge is 2.26. The third kappa shape index (κ3) is 5.19. The molecule has 1 N–H and O–H groups in total. The summed E-state index contributed by atoms with van der Waals surface area (Å²) in [5.41, 5.74) is 2.01. The minimum absolute atomic E-state index is 0.129. The second kappa shape index (κ2) is 9.82. The number of rotatable bonds is 8. The average Bonchev–Trinajstić information content (AvgIpc) is 3.15. The first-order valence-corrected chi connectivity index (χ1v) is 10.6. The van der Waals surface area contributed by atoms with Crippen molar-refractivity contribution in [3.05, 3.63) is 52.5 Å². The molecule has 0 saturated carbocycles. The number of carbonyl (C=O) groups is 1. The molecule has 1 aliphatic heterocycles. The van der Waals surface area contributed by atoms with Crippen molar-refractivity contribution < 1.29 is 14.3 Å². The van der Waals surface area contributed by atoms with E-state index in [0.717, 1.165) is 35.2 Å². The Morgan fingerprint density at radius 2 is 1.82 bits per heavy atom. The zero-order valence-electron chi connectivity index (χ0n) is 16.4. The summed E-state index contributed by atoms with van der Waals surface area (Å²) in [6.07, 6.45) is 1.29. The summed E-state index contributed by atoms with van der Waals surface area (Å²) in [6, 6.07) is 14.2. The molecule has 0 spiro atoms. The van der Waals surface area contributed by atoms with Gasteiger partial charge in [-0.15, -0.1) is 0 Å². The first kappa shape index (κ1) is 20.5. The molecule has 6 heteroatoms. The monoisotopic (exact) mass is 446 g/mol. The standard InChI is InChI=1S/C22H27BrN2O3/c1-3-27-20-12-16(19(23)14-21(20)28-4-2)13-22(26)25-11-10-18(15-25)24-17-8-6-5-7-9-17/h5-9,12,14,18,24H,3-4,10-11,13,15H2,1-2H3. The number of benzene rings is 2. The Morgan fingerprint density at radius 3 is 2.50 bits per heavy atom. The van der Waals surface area contributed by atoms with Crippen molar-refractivity contribution in [1.82, 2.24) is 4.90 Å². The van der Waals surface area contributed by atoms with E-state index < -0.39 is 0 Å². The maximum absolute atomic E-state index is 12.9. The Kier molecular flexibility index (Phi) is 7.20. The zero-order chi connectivity index (χ0) is 19.9. The van der Waals surface area contributed by atoms with E-state index in [2.05, 4.69) is 33.4 Å². The molecule has 150 valence electrons. The van der Waals surface area contributed by atoms with Crippen LogP contribution < -0.4 is 14.8 Å². The van der Waals surface area contributed by atoms with E-state index in [-0.39, 0.29) is 11.9 Å². The number of nitrogens with zero attached hydrogens (tertiary/aromatic N) is 1. The predicted molar refractivity (Wildman–Crippen MR) is 115 cm³/mol. The van der Waals surface area contributed by atoms with Crippen molar-refractivity contribution in [1.29, 1.82) is 0 Å². The molecule has 1 saturated heterocycles. The maximum atomic E-state index is 12.9. The number of carbonyl (C=O) groups excluding carboxylic acids is 1. The molecule has 0 radical (unpaired) electrons. The molecule has 3 rings (SSSR count). The zero-order valence-corrected chi connectivity index (χ0v) is 18.0. The highest BCUT2D eigenvalue weighted by atomic mass is 79.9. The largest absolute Gasteiger partial charge is 0.490 e. The van der Waals surface area contributed by atoms with Crippen molar-refractivity contribution in [2.24, 2.45) is 0 Å². The molecular weight excluding hydrogens is 420 g/mol. The molecule has 1 fully saturated rings. The molecule has 1 atom stereocenters. The van der Waals surface area contributed by atoms with Crippen LogP contribution in [0.1, 0.15) is 25.8 Å². The van der Waals surface area contributed by atoms with Crippen LogP contribution in [0.3, 0.4) is 0 Å². The van der Waals surface area contributed by atoms with Gasteiger partial charge in [0.25, 0.3) is 0 Å². The molecule has 0 aromatic heterocycles. The lowest BCUT2D eigenvalue weighted by molar-refractivity contribution is -0.129. The van der Waals surface area contributed by atoms with Gasteiger partial charge >= 0.3 is 0 Å². The second-order valence-electron chi connectivity index (χ2n) is 6.77. The summed E-state index contributed by atoms with van der Waals surface area (Å²) in [4.78, 5) is 14.8. The molecule has 0 bridgehead atoms. The van der Waals surface area contributed by atoms with Crippen molar-refractivity contribution >= 4 is 27.5 Å². The minimum Gasteiger partial charge on any atom is -0.490 e. The van der Waals surface area contributed by atoms with Gasteiger partial charge in [0, 0.05) is 29.3 Å². The normalized spacial score (nSPS) is 16.1. The highest BCUT2D eigenvalue weighted by Crippen LogP contribution is 2.34. The lowest BCUT2D eigenvalue weighted by atomic mass is 10.1. The van der Waals surface area contributed by atoms with Crippen LogP contribution in [0.15, 0.2) is 46.9 Å². The Bertz CT molecular complexity index is 798. The van der Waals surface area contributed by atoms with Gasteiger partial charge in [-0.25, -0.2) is 0 Å². The molecule has 1 aliphatic rings. The van der Waals surface area contributed by atoms with Gasteiger partial charge in [-0.1, -0.05) is 34.1 Å². The first-order valence-electron chi connectivity index (χ1n) is 9.78. The molecule has 1 unspecified atom stereocenters. The van der Waals surface area contributed by atoms with Gasteiger partial charge in [0.15, 0.2) is 11.5 Å². The number of ether oxygens (including phenoxy) is 2. The highest BCUT2D eigenvalue weighted by molar-refractivity contribution is 9.10. The van der Waals surface area contributed by atoms with Crippen molar-refractivity contribution in [2.75, 3.05) is 31.6 Å². The van der Waals surface area contributed by atoms with E-state index in [1.54, 1.807) is 0 Å². The van der Waals surface area contributed by atoms with Gasteiger partial charge in [0.2, 0.25) is 5.91 Å². The summed E-state index contributed by atoms with van der Waals surface area (Å²) in [5.74, 6) is 1.51. The van der Waals surface area contributed by atoms with Gasteiger partial charge in [-0.2, -0.15) is 0 Å². The van der Waals surface area contributed by atoms with Crippen molar-refractivity contribution in [3.8, 4) is 11.5 Å². The molecule has 5 nitrogen and oxygen atoms in total. The summed E-state index contributed by atoms with van der Waals surface area (Å²) < 4.78 is 12.2. The molecular formula is C22H27BrN2O3. The summed E-state index contributed by atoms with van der Waals surface area (Å²) >= 11 is 3.58. The summed E-state index contributed by atoms with van der Waals surface area (Å²) in [5, 5.41) is 3.51. The van der Waals surface area contributed by atoms with Crippen LogP contribution in [0.4, 0.5) is 5.69 Å². The topological polar surface area (TPSA) is 50.8 Å². The van der Waals surface area contributed by atoms with E-state index in [4.69, 9.17) is 9.47 Å². The Hall–Kier alpha value is -2.21. The number of halogens is 1. The Labute approximate surface area is 175 Å². The number of likely N-dealkylation sites (tertiary alicyclic amines) is 1. The third-order valence-corrected chi connectivity index (χ3v) is 5.48. The van der Waals surface area contributed by atoms with Gasteiger partial charge in [-0.05, 0) is 50.1 Å². The number of hydrogen-bond acceptors (Lipinski definition) is 4. The van der Waals surface area contributed by atoms with Gasteiger partial charge in [0.1, 0.15) is 0 Å². The fourth-order valence-corrected chi connectivity index (χ4v) is 3.86. The molecule has 28 heavy (non-hydrogen) atoms. The maximum Gasteiger partial charge on any atom is 0.227 e. The molecule has 2 aromatic carbocycles. The SMILES string of the molecule is CCOc1cc(Br)c(CC(=O)N2CCC(Nc3ccccc3)C2)cc1OCC.